The van der Waals surface area contributed by atoms with E-state index < -0.39 is 0 Å². The number of nitrogens with zero attached hydrogens (tertiary/aromatic N) is 2. The first-order chi connectivity index (χ1) is 14.6. The van der Waals surface area contributed by atoms with Gasteiger partial charge in [-0.15, -0.1) is 0 Å². The fourth-order valence-electron chi connectivity index (χ4n) is 4.94. The van der Waals surface area contributed by atoms with Crippen molar-refractivity contribution in [2.75, 3.05) is 19.6 Å². The van der Waals surface area contributed by atoms with E-state index in [1.54, 1.807) is 12.1 Å². The number of aromatic amines is 1. The van der Waals surface area contributed by atoms with Crippen molar-refractivity contribution in [1.29, 1.82) is 0 Å². The first kappa shape index (κ1) is 19.8. The first-order valence-electron chi connectivity index (χ1n) is 10.6. The van der Waals surface area contributed by atoms with Crippen LogP contribution < -0.4 is 0 Å². The van der Waals surface area contributed by atoms with Gasteiger partial charge in [-0.2, -0.15) is 0 Å². The zero-order chi connectivity index (χ0) is 20.7. The molecular formula is C24H25BrFN3O. The average molecular weight is 470 g/mol. The van der Waals surface area contributed by atoms with E-state index in [0.29, 0.717) is 13.1 Å². The fraction of sp³-hybridized carbons (Fsp3) is 0.375. The molecule has 2 aromatic carbocycles. The van der Waals surface area contributed by atoms with Crippen molar-refractivity contribution >= 4 is 32.7 Å². The Morgan fingerprint density at radius 3 is 2.93 bits per heavy atom. The predicted molar refractivity (Wildman–Crippen MR) is 120 cm³/mol. The van der Waals surface area contributed by atoms with Crippen molar-refractivity contribution in [3.63, 3.8) is 0 Å². The van der Waals surface area contributed by atoms with E-state index >= 15 is 0 Å². The highest BCUT2D eigenvalue weighted by Gasteiger charge is 2.32. The normalized spacial score (nSPS) is 19.8. The molecule has 1 N–H and O–H groups in total. The number of aromatic nitrogens is 1. The maximum absolute atomic E-state index is 13.5. The van der Waals surface area contributed by atoms with Crippen LogP contribution >= 0.6 is 15.9 Å². The van der Waals surface area contributed by atoms with Gasteiger partial charge in [0.05, 0.1) is 11.4 Å². The van der Waals surface area contributed by atoms with Crippen LogP contribution in [0.1, 0.15) is 29.7 Å². The lowest BCUT2D eigenvalue weighted by Gasteiger charge is -2.36. The molecule has 1 aromatic heterocycles. The summed E-state index contributed by atoms with van der Waals surface area (Å²) in [4.78, 5) is 21.2. The molecule has 0 spiro atoms. The largest absolute Gasteiger partial charge is 0.357 e. The van der Waals surface area contributed by atoms with Crippen LogP contribution in [-0.2, 0) is 24.3 Å². The van der Waals surface area contributed by atoms with Gasteiger partial charge in [-0.3, -0.25) is 9.69 Å². The number of piperidine rings is 1. The summed E-state index contributed by atoms with van der Waals surface area (Å²) in [5.41, 5.74) is 4.58. The smallest absolute Gasteiger partial charge is 0.227 e. The second-order valence-corrected chi connectivity index (χ2v) is 9.31. The number of nitrogens with one attached hydrogen (secondary N) is 1. The maximum Gasteiger partial charge on any atom is 0.227 e. The lowest BCUT2D eigenvalue weighted by molar-refractivity contribution is -0.138. The van der Waals surface area contributed by atoms with Gasteiger partial charge in [0.25, 0.3) is 0 Å². The zero-order valence-electron chi connectivity index (χ0n) is 16.8. The number of likely N-dealkylation sites (tertiary alicyclic amines) is 1. The van der Waals surface area contributed by atoms with Crippen LogP contribution in [0.4, 0.5) is 4.39 Å². The third-order valence-electron chi connectivity index (χ3n) is 6.42. The Balaban J connectivity index is 1.29. The number of para-hydroxylation sites is 1. The van der Waals surface area contributed by atoms with Crippen molar-refractivity contribution in [1.82, 2.24) is 14.8 Å². The maximum atomic E-state index is 13.5. The summed E-state index contributed by atoms with van der Waals surface area (Å²) in [5, 5.41) is 1.20. The van der Waals surface area contributed by atoms with E-state index in [4.69, 9.17) is 0 Å². The molecule has 4 nitrogen and oxygen atoms in total. The monoisotopic (exact) mass is 469 g/mol. The molecule has 0 radical (unpaired) electrons. The molecule has 6 heteroatoms. The van der Waals surface area contributed by atoms with E-state index in [1.807, 2.05) is 23.1 Å². The van der Waals surface area contributed by atoms with Crippen molar-refractivity contribution in [3.8, 4) is 0 Å². The van der Waals surface area contributed by atoms with Crippen LogP contribution in [-0.4, -0.2) is 40.3 Å². The molecule has 2 aliphatic heterocycles. The molecule has 1 atom stereocenters. The van der Waals surface area contributed by atoms with Gasteiger partial charge in [0.15, 0.2) is 0 Å². The molecule has 1 saturated heterocycles. The molecule has 1 amide bonds. The SMILES string of the molecule is O=C(C1CCCN(Cc2cccc(F)c2)C1)N1CCc2[nH]c3c(Br)cccc3c2C1. The molecule has 3 aromatic rings. The molecule has 3 heterocycles. The van der Waals surface area contributed by atoms with Gasteiger partial charge in [0.1, 0.15) is 5.82 Å². The number of rotatable bonds is 3. The predicted octanol–water partition coefficient (Wildman–Crippen LogP) is 4.87. The molecular weight excluding hydrogens is 445 g/mol. The Morgan fingerprint density at radius 1 is 1.20 bits per heavy atom. The highest BCUT2D eigenvalue weighted by atomic mass is 79.9. The Kier molecular flexibility index (Phi) is 5.37. The molecule has 0 saturated carbocycles. The minimum Gasteiger partial charge on any atom is -0.357 e. The molecule has 156 valence electrons. The lowest BCUT2D eigenvalue weighted by Crippen LogP contribution is -2.46. The molecule has 0 bridgehead atoms. The van der Waals surface area contributed by atoms with Crippen molar-refractivity contribution < 1.29 is 9.18 Å². The average Bonchev–Trinajstić information content (AvgIpc) is 3.13. The molecule has 5 rings (SSSR count). The Labute approximate surface area is 184 Å². The topological polar surface area (TPSA) is 39.3 Å². The Morgan fingerprint density at radius 2 is 2.07 bits per heavy atom. The van der Waals surface area contributed by atoms with Gasteiger partial charge < -0.3 is 9.88 Å². The Hall–Kier alpha value is -2.18. The number of benzene rings is 2. The summed E-state index contributed by atoms with van der Waals surface area (Å²) in [6, 6.07) is 13.0. The summed E-state index contributed by atoms with van der Waals surface area (Å²) in [7, 11) is 0. The van der Waals surface area contributed by atoms with Crippen LogP contribution in [0, 0.1) is 11.7 Å². The van der Waals surface area contributed by atoms with Gasteiger partial charge in [0, 0.05) is 53.7 Å². The summed E-state index contributed by atoms with van der Waals surface area (Å²) in [6.45, 7) is 3.84. The number of carbonyl (C=O) groups excluding carboxylic acids is 1. The number of carbonyl (C=O) groups is 1. The van der Waals surface area contributed by atoms with Crippen LogP contribution in [0.2, 0.25) is 0 Å². The zero-order valence-corrected chi connectivity index (χ0v) is 18.4. The second-order valence-electron chi connectivity index (χ2n) is 8.46. The minimum atomic E-state index is -0.202. The number of hydrogen-bond acceptors (Lipinski definition) is 2. The van der Waals surface area contributed by atoms with Gasteiger partial charge in [-0.25, -0.2) is 4.39 Å². The molecule has 0 aliphatic carbocycles. The number of amides is 1. The van der Waals surface area contributed by atoms with Gasteiger partial charge in [0.2, 0.25) is 5.91 Å². The number of H-pyrrole nitrogens is 1. The molecule has 2 aliphatic rings. The van der Waals surface area contributed by atoms with Crippen LogP contribution in [0.15, 0.2) is 46.9 Å². The highest BCUT2D eigenvalue weighted by molar-refractivity contribution is 9.10. The summed E-state index contributed by atoms with van der Waals surface area (Å²) in [5.74, 6) is 0.0753. The molecule has 30 heavy (non-hydrogen) atoms. The third kappa shape index (κ3) is 3.79. The van der Waals surface area contributed by atoms with Crippen LogP contribution in [0.5, 0.6) is 0 Å². The van der Waals surface area contributed by atoms with E-state index in [1.165, 1.54) is 22.7 Å². The summed E-state index contributed by atoms with van der Waals surface area (Å²) >= 11 is 3.63. The van der Waals surface area contributed by atoms with Crippen LogP contribution in [0.25, 0.3) is 10.9 Å². The number of fused-ring (bicyclic) bond motifs is 3. The molecule has 1 fully saturated rings. The third-order valence-corrected chi connectivity index (χ3v) is 7.08. The highest BCUT2D eigenvalue weighted by Crippen LogP contribution is 2.33. The van der Waals surface area contributed by atoms with Gasteiger partial charge in [-0.1, -0.05) is 24.3 Å². The summed E-state index contributed by atoms with van der Waals surface area (Å²) < 4.78 is 14.6. The van der Waals surface area contributed by atoms with Crippen molar-refractivity contribution in [2.24, 2.45) is 5.92 Å². The van der Waals surface area contributed by atoms with E-state index in [2.05, 4.69) is 31.9 Å². The second kappa shape index (κ2) is 8.16. The van der Waals surface area contributed by atoms with E-state index in [9.17, 15) is 9.18 Å². The fourth-order valence-corrected chi connectivity index (χ4v) is 5.41. The quantitative estimate of drug-likeness (QED) is 0.594. The van der Waals surface area contributed by atoms with Crippen molar-refractivity contribution in [2.45, 2.75) is 32.4 Å². The minimum absolute atomic E-state index is 0.0193. The molecule has 1 unspecified atom stereocenters. The van der Waals surface area contributed by atoms with E-state index in [-0.39, 0.29) is 17.6 Å². The number of hydrogen-bond donors (Lipinski definition) is 1. The first-order valence-corrected chi connectivity index (χ1v) is 11.4. The summed E-state index contributed by atoms with van der Waals surface area (Å²) in [6.07, 6.45) is 2.80. The van der Waals surface area contributed by atoms with Crippen LogP contribution in [0.3, 0.4) is 0 Å². The number of halogens is 2. The lowest BCUT2D eigenvalue weighted by atomic mass is 9.94. The van der Waals surface area contributed by atoms with Gasteiger partial charge in [-0.05, 0) is 59.1 Å². The Bertz CT molecular complexity index is 1100. The standard InChI is InChI=1S/C24H25BrFN3O/c25-21-8-2-7-19-20-15-29(11-9-22(20)27-23(19)21)24(30)17-5-3-10-28(14-17)13-16-4-1-6-18(26)12-16/h1-2,4,6-8,12,17,27H,3,5,9-11,13-15H2. The van der Waals surface area contributed by atoms with Crippen molar-refractivity contribution in [3.05, 3.63) is 69.6 Å². The van der Waals surface area contributed by atoms with Gasteiger partial charge >= 0.3 is 0 Å². The van der Waals surface area contributed by atoms with E-state index in [0.717, 1.165) is 54.4 Å².